The van der Waals surface area contributed by atoms with Gasteiger partial charge in [-0.05, 0) is 42.5 Å². The molecule has 0 atom stereocenters. The molecule has 1 saturated heterocycles. The Morgan fingerprint density at radius 2 is 2.00 bits per heavy atom. The number of nitrogens with zero attached hydrogens (tertiary/aromatic N) is 2. The van der Waals surface area contributed by atoms with E-state index in [0.29, 0.717) is 11.8 Å². The Morgan fingerprint density at radius 3 is 2.46 bits per heavy atom. The lowest BCUT2D eigenvalue weighted by molar-refractivity contribution is -0.255. The summed E-state index contributed by atoms with van der Waals surface area (Å²) < 4.78 is 0. The molecule has 1 aliphatic rings. The monoisotopic (exact) mass is 331 g/mol. The molecule has 0 unspecified atom stereocenters. The number of hydrogen-bond donors (Lipinski definition) is 0. The Hall–Kier alpha value is -2.17. The molecule has 0 aliphatic carbocycles. The van der Waals surface area contributed by atoms with Crippen molar-refractivity contribution < 1.29 is 14.7 Å². The molecule has 1 fully saturated rings. The fourth-order valence-electron chi connectivity index (χ4n) is 2.45. The van der Waals surface area contributed by atoms with E-state index in [2.05, 4.69) is 18.8 Å². The number of carboxylic acids is 1. The first-order valence-corrected chi connectivity index (χ1v) is 8.45. The van der Waals surface area contributed by atoms with E-state index < -0.39 is 5.97 Å². The van der Waals surface area contributed by atoms with Crippen LogP contribution in [-0.2, 0) is 4.79 Å². The van der Waals surface area contributed by atoms with Crippen molar-refractivity contribution in [2.75, 3.05) is 20.1 Å². The number of likely N-dealkylation sites (tertiary alicyclic amines) is 1. The summed E-state index contributed by atoms with van der Waals surface area (Å²) in [5, 5.41) is 10.4. The van der Waals surface area contributed by atoms with Crippen LogP contribution in [0.2, 0.25) is 0 Å². The summed E-state index contributed by atoms with van der Waals surface area (Å²) in [5.74, 6) is -0.366. The summed E-state index contributed by atoms with van der Waals surface area (Å²) in [7, 11) is 1.78. The normalized spacial score (nSPS) is 14.2. The first-order valence-electron chi connectivity index (χ1n) is 8.45. The Balaban J connectivity index is 0.000000240. The number of carboxylic acid groups (broad SMARTS) is 1. The zero-order valence-electron chi connectivity index (χ0n) is 14.8. The molecule has 5 nitrogen and oxygen atoms in total. The van der Waals surface area contributed by atoms with E-state index in [-0.39, 0.29) is 5.56 Å². The molecule has 1 amide bonds. The summed E-state index contributed by atoms with van der Waals surface area (Å²) in [6.07, 6.45) is 5.73. The highest BCUT2D eigenvalue weighted by atomic mass is 16.4. The molecule has 1 aromatic carbocycles. The van der Waals surface area contributed by atoms with E-state index in [1.54, 1.807) is 19.2 Å². The Kier molecular flexibility index (Phi) is 8.76. The number of aromatic carboxylic acids is 1. The van der Waals surface area contributed by atoms with Crippen molar-refractivity contribution in [2.24, 2.45) is 4.99 Å². The van der Waals surface area contributed by atoms with Gasteiger partial charge in [-0.3, -0.25) is 4.79 Å². The molecule has 1 aromatic rings. The van der Waals surface area contributed by atoms with Gasteiger partial charge in [0.2, 0.25) is 5.91 Å². The van der Waals surface area contributed by atoms with Gasteiger partial charge in [0.05, 0.1) is 5.97 Å². The fourth-order valence-corrected chi connectivity index (χ4v) is 2.45. The van der Waals surface area contributed by atoms with Gasteiger partial charge in [-0.2, -0.15) is 0 Å². The third-order valence-electron chi connectivity index (χ3n) is 3.93. The number of unbranched alkanes of at least 4 members (excludes halogenated alkanes) is 1. The second-order valence-corrected chi connectivity index (χ2v) is 6.13. The number of benzene rings is 1. The average molecular weight is 331 g/mol. The standard InChI is InChI=1S/C10H12O2.C9H16N2O/c1-7(2)8-3-5-9(6-4-8)10(11)12;1-10-6-2-3-7-11-8-4-5-9(11)12/h3-7H,1-2H3,(H,11,12);6H,2-5,7-8H2,1H3/p-1. The van der Waals surface area contributed by atoms with Crippen LogP contribution in [0.3, 0.4) is 0 Å². The molecule has 0 N–H and O–H groups in total. The van der Waals surface area contributed by atoms with Gasteiger partial charge in [0.15, 0.2) is 0 Å². The van der Waals surface area contributed by atoms with E-state index in [9.17, 15) is 14.7 Å². The summed E-state index contributed by atoms with van der Waals surface area (Å²) in [5.41, 5.74) is 1.37. The van der Waals surface area contributed by atoms with Gasteiger partial charge >= 0.3 is 0 Å². The SMILES string of the molecule is CC(C)c1ccc(C(=O)[O-])cc1.CN=CCCCN1CCCC1=O. The van der Waals surface area contributed by atoms with Gasteiger partial charge in [-0.1, -0.05) is 38.1 Å². The van der Waals surface area contributed by atoms with Crippen molar-refractivity contribution in [1.29, 1.82) is 0 Å². The minimum Gasteiger partial charge on any atom is -0.545 e. The van der Waals surface area contributed by atoms with E-state index in [4.69, 9.17) is 0 Å². The number of carbonyl (C=O) groups is 2. The lowest BCUT2D eigenvalue weighted by Crippen LogP contribution is -2.25. The first kappa shape index (κ1) is 19.9. The van der Waals surface area contributed by atoms with Crippen LogP contribution in [0.15, 0.2) is 29.3 Å². The summed E-state index contributed by atoms with van der Waals surface area (Å²) >= 11 is 0. The maximum absolute atomic E-state index is 11.1. The van der Waals surface area contributed by atoms with Crippen LogP contribution < -0.4 is 5.11 Å². The predicted octanol–water partition coefficient (Wildman–Crippen LogP) is 2.26. The summed E-state index contributed by atoms with van der Waals surface area (Å²) in [6.45, 7) is 6.00. The molecule has 132 valence electrons. The number of amides is 1. The van der Waals surface area contributed by atoms with Gasteiger partial charge in [-0.25, -0.2) is 0 Å². The average Bonchev–Trinajstić information content (AvgIpc) is 2.97. The van der Waals surface area contributed by atoms with Gasteiger partial charge in [-0.15, -0.1) is 0 Å². The quantitative estimate of drug-likeness (QED) is 0.593. The molecule has 5 heteroatoms. The highest BCUT2D eigenvalue weighted by Crippen LogP contribution is 2.14. The molecule has 0 aromatic heterocycles. The molecule has 24 heavy (non-hydrogen) atoms. The van der Waals surface area contributed by atoms with Crippen LogP contribution in [0, 0.1) is 0 Å². The molecular formula is C19H27N2O3-. The zero-order chi connectivity index (χ0) is 17.9. The second-order valence-electron chi connectivity index (χ2n) is 6.13. The zero-order valence-corrected chi connectivity index (χ0v) is 14.8. The van der Waals surface area contributed by atoms with Crippen LogP contribution in [-0.4, -0.2) is 43.1 Å². The topological polar surface area (TPSA) is 72.8 Å². The van der Waals surface area contributed by atoms with Crippen molar-refractivity contribution in [3.8, 4) is 0 Å². The van der Waals surface area contributed by atoms with Crippen molar-refractivity contribution >= 4 is 18.1 Å². The first-order chi connectivity index (χ1) is 11.5. The van der Waals surface area contributed by atoms with E-state index >= 15 is 0 Å². The Bertz CT molecular complexity index is 550. The molecule has 1 heterocycles. The van der Waals surface area contributed by atoms with Crippen LogP contribution in [0.5, 0.6) is 0 Å². The number of carbonyl (C=O) groups excluding carboxylic acids is 2. The number of aliphatic imine (C=N–C) groups is 1. The smallest absolute Gasteiger partial charge is 0.222 e. The fraction of sp³-hybridized carbons (Fsp3) is 0.526. The van der Waals surface area contributed by atoms with Crippen LogP contribution >= 0.6 is 0 Å². The Morgan fingerprint density at radius 1 is 1.33 bits per heavy atom. The van der Waals surface area contributed by atoms with Crippen molar-refractivity contribution in [3.63, 3.8) is 0 Å². The molecule has 0 spiro atoms. The van der Waals surface area contributed by atoms with Crippen molar-refractivity contribution in [1.82, 2.24) is 4.90 Å². The van der Waals surface area contributed by atoms with Crippen LogP contribution in [0.1, 0.15) is 61.4 Å². The van der Waals surface area contributed by atoms with Crippen LogP contribution in [0.25, 0.3) is 0 Å². The third kappa shape index (κ3) is 6.94. The number of hydrogen-bond acceptors (Lipinski definition) is 4. The molecule has 0 bridgehead atoms. The van der Waals surface area contributed by atoms with E-state index in [1.807, 2.05) is 23.2 Å². The van der Waals surface area contributed by atoms with Crippen molar-refractivity contribution in [3.05, 3.63) is 35.4 Å². The van der Waals surface area contributed by atoms with E-state index in [0.717, 1.165) is 44.3 Å². The lowest BCUT2D eigenvalue weighted by Gasteiger charge is -2.13. The molecule has 0 saturated carbocycles. The minimum atomic E-state index is -1.12. The molecule has 2 rings (SSSR count). The maximum atomic E-state index is 11.1. The number of rotatable bonds is 6. The minimum absolute atomic E-state index is 0.236. The third-order valence-corrected chi connectivity index (χ3v) is 3.93. The lowest BCUT2D eigenvalue weighted by atomic mass is 10.0. The molecule has 0 radical (unpaired) electrons. The van der Waals surface area contributed by atoms with Gasteiger partial charge in [0.25, 0.3) is 0 Å². The van der Waals surface area contributed by atoms with Gasteiger partial charge < -0.3 is 19.8 Å². The Labute approximate surface area is 144 Å². The second kappa shape index (κ2) is 10.6. The summed E-state index contributed by atoms with van der Waals surface area (Å²) in [6, 6.07) is 6.78. The van der Waals surface area contributed by atoms with Gasteiger partial charge in [0, 0.05) is 26.6 Å². The highest BCUT2D eigenvalue weighted by Gasteiger charge is 2.18. The maximum Gasteiger partial charge on any atom is 0.222 e. The van der Waals surface area contributed by atoms with Gasteiger partial charge in [0.1, 0.15) is 0 Å². The molecule has 1 aliphatic heterocycles. The summed E-state index contributed by atoms with van der Waals surface area (Å²) in [4.78, 5) is 27.3. The largest absolute Gasteiger partial charge is 0.545 e. The van der Waals surface area contributed by atoms with E-state index in [1.165, 1.54) is 0 Å². The predicted molar refractivity (Wildman–Crippen MR) is 94.3 cm³/mol. The van der Waals surface area contributed by atoms with Crippen molar-refractivity contribution in [2.45, 2.75) is 45.4 Å². The molecular weight excluding hydrogens is 304 g/mol. The van der Waals surface area contributed by atoms with Crippen LogP contribution in [0.4, 0.5) is 0 Å². The highest BCUT2D eigenvalue weighted by molar-refractivity contribution is 5.85.